The molecule has 0 spiro atoms. The van der Waals surface area contributed by atoms with Crippen LogP contribution >= 0.6 is 0 Å². The highest BCUT2D eigenvalue weighted by Crippen LogP contribution is 2.21. The van der Waals surface area contributed by atoms with E-state index in [9.17, 15) is 9.59 Å². The smallest absolute Gasteiger partial charge is 0.261 e. The van der Waals surface area contributed by atoms with E-state index in [1.54, 1.807) is 31.3 Å². The molecule has 0 saturated carbocycles. The second kappa shape index (κ2) is 10.8. The van der Waals surface area contributed by atoms with Crippen LogP contribution in [0.1, 0.15) is 54.3 Å². The van der Waals surface area contributed by atoms with Crippen LogP contribution in [0.5, 0.6) is 0 Å². The Balaban J connectivity index is 1.74. The first kappa shape index (κ1) is 21.9. The Morgan fingerprint density at radius 1 is 1.14 bits per heavy atom. The predicted molar refractivity (Wildman–Crippen MR) is 113 cm³/mol. The maximum atomic E-state index is 12.4. The van der Waals surface area contributed by atoms with E-state index >= 15 is 0 Å². The summed E-state index contributed by atoms with van der Waals surface area (Å²) in [5.74, 6) is 0.234. The highest BCUT2D eigenvalue weighted by molar-refractivity contribution is 6.21. The van der Waals surface area contributed by atoms with Crippen molar-refractivity contribution in [2.75, 3.05) is 39.8 Å². The monoisotopic (exact) mass is 387 g/mol. The molecule has 0 radical (unpaired) electrons. The Morgan fingerprint density at radius 2 is 1.75 bits per heavy atom. The van der Waals surface area contributed by atoms with Gasteiger partial charge in [0.2, 0.25) is 0 Å². The summed E-state index contributed by atoms with van der Waals surface area (Å²) in [6.07, 6.45) is 2.18. The lowest BCUT2D eigenvalue weighted by Crippen LogP contribution is -2.45. The van der Waals surface area contributed by atoms with Crippen molar-refractivity contribution in [2.45, 2.75) is 39.7 Å². The van der Waals surface area contributed by atoms with Gasteiger partial charge in [0.25, 0.3) is 11.8 Å². The number of benzene rings is 1. The molecule has 0 aromatic heterocycles. The van der Waals surface area contributed by atoms with Gasteiger partial charge in [0, 0.05) is 26.2 Å². The molecule has 1 unspecified atom stereocenters. The van der Waals surface area contributed by atoms with Gasteiger partial charge in [0.05, 0.1) is 11.1 Å². The number of hydrogen-bond donors (Lipinski definition) is 2. The van der Waals surface area contributed by atoms with Crippen LogP contribution in [-0.2, 0) is 0 Å². The van der Waals surface area contributed by atoms with E-state index in [-0.39, 0.29) is 11.8 Å². The van der Waals surface area contributed by atoms with Crippen molar-refractivity contribution in [1.82, 2.24) is 20.4 Å². The van der Waals surface area contributed by atoms with E-state index in [0.717, 1.165) is 32.5 Å². The van der Waals surface area contributed by atoms with Gasteiger partial charge in [-0.2, -0.15) is 0 Å². The molecular weight excluding hydrogens is 354 g/mol. The summed E-state index contributed by atoms with van der Waals surface area (Å²) in [6, 6.07) is 7.24. The maximum absolute atomic E-state index is 12.4. The fraction of sp³-hybridized carbons (Fsp3) is 0.571. The highest BCUT2D eigenvalue weighted by atomic mass is 16.2. The highest BCUT2D eigenvalue weighted by Gasteiger charge is 2.34. The number of carbonyl (C=O) groups is 2. The molecule has 1 aromatic rings. The van der Waals surface area contributed by atoms with Crippen LogP contribution in [0.15, 0.2) is 29.3 Å². The first-order chi connectivity index (χ1) is 13.5. The molecule has 1 aliphatic rings. The number of aliphatic imine (C=N–C) groups is 1. The zero-order valence-electron chi connectivity index (χ0n) is 17.5. The van der Waals surface area contributed by atoms with Crippen LogP contribution in [0.4, 0.5) is 0 Å². The second-order valence-electron chi connectivity index (χ2n) is 7.02. The van der Waals surface area contributed by atoms with Crippen LogP contribution in [0.3, 0.4) is 0 Å². The number of guanidine groups is 1. The molecule has 28 heavy (non-hydrogen) atoms. The fourth-order valence-electron chi connectivity index (χ4n) is 3.39. The summed E-state index contributed by atoms with van der Waals surface area (Å²) in [7, 11) is 1.72. The van der Waals surface area contributed by atoms with Gasteiger partial charge >= 0.3 is 0 Å². The Morgan fingerprint density at radius 3 is 2.29 bits per heavy atom. The van der Waals surface area contributed by atoms with Gasteiger partial charge < -0.3 is 15.5 Å². The number of imide groups is 1. The number of rotatable bonds is 10. The molecule has 1 aliphatic heterocycles. The number of carbonyl (C=O) groups excluding carboxylic acids is 2. The summed E-state index contributed by atoms with van der Waals surface area (Å²) >= 11 is 0. The standard InChI is InChI=1S/C21H33N5O2/c1-5-25(6-2)14-9-10-16(3)24-21(22-4)23-13-15-26-19(27)17-11-7-8-12-18(17)20(26)28/h7-8,11-12,16H,5-6,9-10,13-15H2,1-4H3,(H2,22,23,24). The second-order valence-corrected chi connectivity index (χ2v) is 7.02. The molecular formula is C21H33N5O2. The SMILES string of the molecule is CCN(CC)CCCC(C)NC(=NC)NCCN1C(=O)c2ccccc2C1=O. The summed E-state index contributed by atoms with van der Waals surface area (Å²) < 4.78 is 0. The van der Waals surface area contributed by atoms with Gasteiger partial charge in [0.15, 0.2) is 5.96 Å². The van der Waals surface area contributed by atoms with Crippen LogP contribution in [-0.4, -0.2) is 73.4 Å². The molecule has 7 nitrogen and oxygen atoms in total. The van der Waals surface area contributed by atoms with Crippen molar-refractivity contribution >= 4 is 17.8 Å². The van der Waals surface area contributed by atoms with Gasteiger partial charge in [-0.3, -0.25) is 19.5 Å². The number of nitrogens with one attached hydrogen (secondary N) is 2. The minimum Gasteiger partial charge on any atom is -0.355 e. The molecule has 0 aliphatic carbocycles. The van der Waals surface area contributed by atoms with Crippen molar-refractivity contribution in [3.63, 3.8) is 0 Å². The van der Waals surface area contributed by atoms with Crippen molar-refractivity contribution in [3.05, 3.63) is 35.4 Å². The van der Waals surface area contributed by atoms with Crippen molar-refractivity contribution in [3.8, 4) is 0 Å². The van der Waals surface area contributed by atoms with Crippen molar-refractivity contribution < 1.29 is 9.59 Å². The maximum Gasteiger partial charge on any atom is 0.261 e. The number of hydrogen-bond acceptors (Lipinski definition) is 4. The Labute approximate surface area is 168 Å². The molecule has 0 fully saturated rings. The number of fused-ring (bicyclic) bond motifs is 1. The van der Waals surface area contributed by atoms with Gasteiger partial charge in [-0.15, -0.1) is 0 Å². The topological polar surface area (TPSA) is 77.0 Å². The third-order valence-corrected chi connectivity index (χ3v) is 5.12. The Kier molecular flexibility index (Phi) is 8.44. The predicted octanol–water partition coefficient (Wildman–Crippen LogP) is 1.96. The fourth-order valence-corrected chi connectivity index (χ4v) is 3.39. The molecule has 1 heterocycles. The zero-order chi connectivity index (χ0) is 20.5. The molecule has 154 valence electrons. The minimum absolute atomic E-state index is 0.227. The van der Waals surface area contributed by atoms with E-state index in [1.807, 2.05) is 0 Å². The molecule has 1 aromatic carbocycles. The zero-order valence-corrected chi connectivity index (χ0v) is 17.5. The molecule has 2 rings (SSSR count). The van der Waals surface area contributed by atoms with E-state index in [1.165, 1.54) is 4.90 Å². The average molecular weight is 388 g/mol. The molecule has 2 amide bonds. The van der Waals surface area contributed by atoms with Crippen LogP contribution in [0, 0.1) is 0 Å². The number of nitrogens with zero attached hydrogens (tertiary/aromatic N) is 3. The third kappa shape index (κ3) is 5.55. The summed E-state index contributed by atoms with van der Waals surface area (Å²) in [5.41, 5.74) is 0.966. The molecule has 2 N–H and O–H groups in total. The van der Waals surface area contributed by atoms with E-state index in [2.05, 4.69) is 41.3 Å². The summed E-state index contributed by atoms with van der Waals surface area (Å²) in [6.45, 7) is 10.5. The lowest BCUT2D eigenvalue weighted by Gasteiger charge is -2.21. The Hall–Kier alpha value is -2.41. The Bertz CT molecular complexity index is 665. The van der Waals surface area contributed by atoms with Crippen LogP contribution in [0.2, 0.25) is 0 Å². The summed E-state index contributed by atoms with van der Waals surface area (Å²) in [4.78, 5) is 32.7. The van der Waals surface area contributed by atoms with Gasteiger partial charge in [0.1, 0.15) is 0 Å². The van der Waals surface area contributed by atoms with Crippen molar-refractivity contribution in [1.29, 1.82) is 0 Å². The first-order valence-corrected chi connectivity index (χ1v) is 10.2. The molecule has 0 bridgehead atoms. The average Bonchev–Trinajstić information content (AvgIpc) is 2.95. The lowest BCUT2D eigenvalue weighted by atomic mass is 10.1. The minimum atomic E-state index is -0.227. The first-order valence-electron chi connectivity index (χ1n) is 10.2. The third-order valence-electron chi connectivity index (χ3n) is 5.12. The van der Waals surface area contributed by atoms with Gasteiger partial charge in [-0.25, -0.2) is 0 Å². The normalized spacial score (nSPS) is 15.2. The van der Waals surface area contributed by atoms with E-state index in [4.69, 9.17) is 0 Å². The molecule has 7 heteroatoms. The van der Waals surface area contributed by atoms with Crippen LogP contribution < -0.4 is 10.6 Å². The summed E-state index contributed by atoms with van der Waals surface area (Å²) in [5, 5.41) is 6.57. The van der Waals surface area contributed by atoms with Crippen molar-refractivity contribution in [2.24, 2.45) is 4.99 Å². The van der Waals surface area contributed by atoms with Gasteiger partial charge in [-0.05, 0) is 51.5 Å². The largest absolute Gasteiger partial charge is 0.355 e. The lowest BCUT2D eigenvalue weighted by molar-refractivity contribution is 0.0657. The molecule has 1 atom stereocenters. The van der Waals surface area contributed by atoms with Crippen LogP contribution in [0.25, 0.3) is 0 Å². The van der Waals surface area contributed by atoms with E-state index < -0.39 is 0 Å². The van der Waals surface area contributed by atoms with E-state index in [0.29, 0.717) is 36.2 Å². The van der Waals surface area contributed by atoms with Gasteiger partial charge in [-0.1, -0.05) is 26.0 Å². The quantitative estimate of drug-likeness (QED) is 0.365. The molecule has 0 saturated heterocycles. The number of amides is 2.